The molecule has 0 N–H and O–H groups in total. The summed E-state index contributed by atoms with van der Waals surface area (Å²) >= 11 is 6.12. The summed E-state index contributed by atoms with van der Waals surface area (Å²) in [6.45, 7) is 3.79. The van der Waals surface area contributed by atoms with Gasteiger partial charge in [-0.25, -0.2) is 9.97 Å². The van der Waals surface area contributed by atoms with Crippen LogP contribution in [0.2, 0.25) is 5.15 Å². The molecular weight excluding hydrogens is 264 g/mol. The molecule has 0 aliphatic carbocycles. The number of halogens is 1. The fourth-order valence-electron chi connectivity index (χ4n) is 1.70. The van der Waals surface area contributed by atoms with Crippen LogP contribution in [0.25, 0.3) is 11.4 Å². The molecule has 1 aromatic carbocycles. The summed E-state index contributed by atoms with van der Waals surface area (Å²) < 4.78 is 10.5. The number of nitrogens with zero attached hydrogens (tertiary/aromatic N) is 2. The first kappa shape index (κ1) is 13.6. The molecule has 2 rings (SSSR count). The second-order valence-corrected chi connectivity index (χ2v) is 4.47. The minimum atomic E-state index is 0.451. The van der Waals surface area contributed by atoms with Gasteiger partial charge in [0.25, 0.3) is 0 Å². The fourth-order valence-corrected chi connectivity index (χ4v) is 1.92. The molecule has 4 nitrogen and oxygen atoms in total. The molecule has 0 bridgehead atoms. The Morgan fingerprint density at radius 1 is 1.05 bits per heavy atom. The molecule has 0 radical (unpaired) electrons. The highest BCUT2D eigenvalue weighted by molar-refractivity contribution is 6.30. The van der Waals surface area contributed by atoms with Crippen molar-refractivity contribution in [3.63, 3.8) is 0 Å². The molecule has 0 fully saturated rings. The number of hydrogen-bond donors (Lipinski definition) is 0. The molecule has 0 atom stereocenters. The maximum absolute atomic E-state index is 6.12. The first-order chi connectivity index (χ1) is 9.06. The monoisotopic (exact) mass is 278 g/mol. The van der Waals surface area contributed by atoms with Crippen LogP contribution >= 0.6 is 11.6 Å². The molecule has 19 heavy (non-hydrogen) atoms. The Morgan fingerprint density at radius 3 is 2.37 bits per heavy atom. The molecule has 0 aliphatic rings. The predicted octanol–water partition coefficient (Wildman–Crippen LogP) is 3.43. The maximum atomic E-state index is 6.12. The quantitative estimate of drug-likeness (QED) is 0.807. The Kier molecular flexibility index (Phi) is 3.90. The molecule has 0 amide bonds. The Labute approximate surface area is 117 Å². The van der Waals surface area contributed by atoms with E-state index in [0.717, 1.165) is 16.8 Å². The number of ether oxygens (including phenoxy) is 2. The largest absolute Gasteiger partial charge is 0.497 e. The van der Waals surface area contributed by atoms with Crippen molar-refractivity contribution in [1.29, 1.82) is 0 Å². The number of hydrogen-bond acceptors (Lipinski definition) is 4. The van der Waals surface area contributed by atoms with Gasteiger partial charge in [-0.15, -0.1) is 0 Å². The molecule has 0 spiro atoms. The fraction of sp³-hybridized carbons (Fsp3) is 0.286. The molecule has 5 heteroatoms. The highest BCUT2D eigenvalue weighted by atomic mass is 35.5. The molecule has 0 saturated heterocycles. The van der Waals surface area contributed by atoms with Gasteiger partial charge in [0.2, 0.25) is 0 Å². The lowest BCUT2D eigenvalue weighted by Crippen LogP contribution is -1.99. The predicted molar refractivity (Wildman–Crippen MR) is 75.1 cm³/mol. The zero-order valence-corrected chi connectivity index (χ0v) is 12.1. The summed E-state index contributed by atoms with van der Waals surface area (Å²) in [5.74, 6) is 1.93. The number of aryl methyl sites for hydroxylation is 1. The Morgan fingerprint density at radius 2 is 1.79 bits per heavy atom. The zero-order chi connectivity index (χ0) is 14.0. The van der Waals surface area contributed by atoms with E-state index in [1.54, 1.807) is 14.2 Å². The van der Waals surface area contributed by atoms with Crippen molar-refractivity contribution in [2.24, 2.45) is 0 Å². The van der Waals surface area contributed by atoms with E-state index < -0.39 is 0 Å². The van der Waals surface area contributed by atoms with Gasteiger partial charge in [0.05, 0.1) is 19.8 Å². The molecule has 0 unspecified atom stereocenters. The van der Waals surface area contributed by atoms with Gasteiger partial charge < -0.3 is 9.47 Å². The standard InChI is InChI=1S/C14H15ClN2O2/c1-8-9(2)16-14(17-13(8)15)11-7-10(18-3)5-6-12(11)19-4/h5-7H,1-4H3. The first-order valence-electron chi connectivity index (χ1n) is 5.80. The number of methoxy groups -OCH3 is 2. The molecule has 1 heterocycles. The van der Waals surface area contributed by atoms with E-state index in [2.05, 4.69) is 9.97 Å². The Hall–Kier alpha value is -1.81. The highest BCUT2D eigenvalue weighted by Crippen LogP contribution is 2.32. The highest BCUT2D eigenvalue weighted by Gasteiger charge is 2.13. The topological polar surface area (TPSA) is 44.2 Å². The van der Waals surface area contributed by atoms with Gasteiger partial charge in [-0.3, -0.25) is 0 Å². The van der Waals surface area contributed by atoms with E-state index >= 15 is 0 Å². The number of rotatable bonds is 3. The molecule has 0 saturated carbocycles. The van der Waals surface area contributed by atoms with Gasteiger partial charge in [0.15, 0.2) is 5.82 Å². The summed E-state index contributed by atoms with van der Waals surface area (Å²) in [6.07, 6.45) is 0. The average molecular weight is 279 g/mol. The van der Waals surface area contributed by atoms with Gasteiger partial charge in [0.1, 0.15) is 16.7 Å². The van der Waals surface area contributed by atoms with Crippen molar-refractivity contribution in [3.8, 4) is 22.9 Å². The summed E-state index contributed by atoms with van der Waals surface area (Å²) in [6, 6.07) is 5.48. The molecule has 100 valence electrons. The van der Waals surface area contributed by atoms with Crippen LogP contribution < -0.4 is 9.47 Å². The van der Waals surface area contributed by atoms with E-state index in [9.17, 15) is 0 Å². The minimum absolute atomic E-state index is 0.451. The third-order valence-corrected chi connectivity index (χ3v) is 3.35. The van der Waals surface area contributed by atoms with Crippen molar-refractivity contribution in [3.05, 3.63) is 34.6 Å². The summed E-state index contributed by atoms with van der Waals surface area (Å²) in [5.41, 5.74) is 2.49. The molecular formula is C14H15ClN2O2. The summed E-state index contributed by atoms with van der Waals surface area (Å²) in [5, 5.41) is 0.451. The summed E-state index contributed by atoms with van der Waals surface area (Å²) in [7, 11) is 3.22. The zero-order valence-electron chi connectivity index (χ0n) is 11.3. The van der Waals surface area contributed by atoms with E-state index in [-0.39, 0.29) is 0 Å². The van der Waals surface area contributed by atoms with Crippen molar-refractivity contribution >= 4 is 11.6 Å². The van der Waals surface area contributed by atoms with Gasteiger partial charge in [0, 0.05) is 11.3 Å². The Balaban J connectivity index is 2.63. The molecule has 2 aromatic rings. The van der Waals surface area contributed by atoms with Gasteiger partial charge in [-0.1, -0.05) is 11.6 Å². The van der Waals surface area contributed by atoms with Crippen LogP contribution in [-0.4, -0.2) is 24.2 Å². The minimum Gasteiger partial charge on any atom is -0.497 e. The lowest BCUT2D eigenvalue weighted by Gasteiger charge is -2.11. The van der Waals surface area contributed by atoms with Crippen LogP contribution in [0.5, 0.6) is 11.5 Å². The lowest BCUT2D eigenvalue weighted by molar-refractivity contribution is 0.404. The van der Waals surface area contributed by atoms with Gasteiger partial charge in [-0.05, 0) is 32.0 Å². The smallest absolute Gasteiger partial charge is 0.164 e. The van der Waals surface area contributed by atoms with Crippen molar-refractivity contribution < 1.29 is 9.47 Å². The van der Waals surface area contributed by atoms with Crippen LogP contribution in [0.4, 0.5) is 0 Å². The number of aromatic nitrogens is 2. The normalized spacial score (nSPS) is 10.4. The van der Waals surface area contributed by atoms with Crippen LogP contribution in [0, 0.1) is 13.8 Å². The third kappa shape index (κ3) is 2.63. The van der Waals surface area contributed by atoms with Crippen LogP contribution in [0.15, 0.2) is 18.2 Å². The van der Waals surface area contributed by atoms with Crippen LogP contribution in [0.1, 0.15) is 11.3 Å². The SMILES string of the molecule is COc1ccc(OC)c(-c2nc(C)c(C)c(Cl)n2)c1. The second kappa shape index (κ2) is 5.45. The first-order valence-corrected chi connectivity index (χ1v) is 6.17. The Bertz CT molecular complexity index is 591. The average Bonchev–Trinajstić information content (AvgIpc) is 2.43. The number of benzene rings is 1. The summed E-state index contributed by atoms with van der Waals surface area (Å²) in [4.78, 5) is 8.76. The molecule has 0 aliphatic heterocycles. The van der Waals surface area contributed by atoms with Gasteiger partial charge >= 0.3 is 0 Å². The van der Waals surface area contributed by atoms with Crippen molar-refractivity contribution in [2.45, 2.75) is 13.8 Å². The van der Waals surface area contributed by atoms with E-state index in [4.69, 9.17) is 21.1 Å². The second-order valence-electron chi connectivity index (χ2n) is 4.11. The lowest BCUT2D eigenvalue weighted by atomic mass is 10.1. The third-order valence-electron chi connectivity index (χ3n) is 2.98. The maximum Gasteiger partial charge on any atom is 0.164 e. The van der Waals surface area contributed by atoms with Crippen LogP contribution in [0.3, 0.4) is 0 Å². The van der Waals surface area contributed by atoms with Gasteiger partial charge in [-0.2, -0.15) is 0 Å². The van der Waals surface area contributed by atoms with E-state index in [1.165, 1.54) is 0 Å². The van der Waals surface area contributed by atoms with Crippen LogP contribution in [-0.2, 0) is 0 Å². The van der Waals surface area contributed by atoms with E-state index in [1.807, 2.05) is 32.0 Å². The van der Waals surface area contributed by atoms with E-state index in [0.29, 0.717) is 22.5 Å². The van der Waals surface area contributed by atoms with Crippen molar-refractivity contribution in [1.82, 2.24) is 9.97 Å². The van der Waals surface area contributed by atoms with Crippen molar-refractivity contribution in [2.75, 3.05) is 14.2 Å². The molecule has 1 aromatic heterocycles.